The number of carbonyl (C=O) groups excluding carboxylic acids is 1. The fourth-order valence-electron chi connectivity index (χ4n) is 1.52. The molecule has 0 fully saturated rings. The minimum absolute atomic E-state index is 0.227. The molecule has 0 aliphatic carbocycles. The highest BCUT2D eigenvalue weighted by Gasteiger charge is 2.27. The van der Waals surface area contributed by atoms with E-state index < -0.39 is 0 Å². The van der Waals surface area contributed by atoms with E-state index in [2.05, 4.69) is 10.4 Å². The van der Waals surface area contributed by atoms with Crippen molar-refractivity contribution in [1.82, 2.24) is 0 Å². The minimum Gasteiger partial charge on any atom is -0.322 e. The summed E-state index contributed by atoms with van der Waals surface area (Å²) >= 11 is 5.86. The highest BCUT2D eigenvalue weighted by Crippen LogP contribution is 2.30. The standard InChI is InChI=1S/C9H8ClN3O/c1-4-2-5(10)3-6-7(4)12-9(14)8(6)13-11/h2-3H,11H2,1H3,(H,12,13,14). The van der Waals surface area contributed by atoms with Crippen molar-refractivity contribution >= 4 is 28.9 Å². The van der Waals surface area contributed by atoms with Crippen molar-refractivity contribution in [2.24, 2.45) is 10.9 Å². The van der Waals surface area contributed by atoms with Crippen LogP contribution in [-0.4, -0.2) is 11.6 Å². The van der Waals surface area contributed by atoms with Crippen molar-refractivity contribution in [3.05, 3.63) is 28.3 Å². The Kier molecular flexibility index (Phi) is 1.93. The fraction of sp³-hybridized carbons (Fsp3) is 0.111. The Balaban J connectivity index is 2.71. The average molecular weight is 210 g/mol. The maximum Gasteiger partial charge on any atom is 0.276 e. The first kappa shape index (κ1) is 9.02. The lowest BCUT2D eigenvalue weighted by Gasteiger charge is -2.02. The third-order valence-electron chi connectivity index (χ3n) is 2.14. The molecule has 72 valence electrons. The van der Waals surface area contributed by atoms with Gasteiger partial charge in [-0.15, -0.1) is 0 Å². The van der Waals surface area contributed by atoms with Crippen LogP contribution in [0.3, 0.4) is 0 Å². The van der Waals surface area contributed by atoms with Gasteiger partial charge in [0, 0.05) is 10.6 Å². The van der Waals surface area contributed by atoms with Crippen LogP contribution in [0.5, 0.6) is 0 Å². The van der Waals surface area contributed by atoms with Gasteiger partial charge in [0.15, 0.2) is 5.71 Å². The number of hydrogen-bond donors (Lipinski definition) is 2. The third-order valence-corrected chi connectivity index (χ3v) is 2.36. The molecule has 2 rings (SSSR count). The second kappa shape index (κ2) is 2.99. The van der Waals surface area contributed by atoms with E-state index >= 15 is 0 Å². The quantitative estimate of drug-likeness (QED) is 0.499. The van der Waals surface area contributed by atoms with E-state index in [9.17, 15) is 4.79 Å². The summed E-state index contributed by atoms with van der Waals surface area (Å²) in [4.78, 5) is 11.4. The number of rotatable bonds is 0. The second-order valence-electron chi connectivity index (χ2n) is 3.08. The number of benzene rings is 1. The molecule has 0 radical (unpaired) electrons. The van der Waals surface area contributed by atoms with Gasteiger partial charge in [0.05, 0.1) is 5.69 Å². The summed E-state index contributed by atoms with van der Waals surface area (Å²) in [6.07, 6.45) is 0. The summed E-state index contributed by atoms with van der Waals surface area (Å²) in [6.45, 7) is 1.87. The summed E-state index contributed by atoms with van der Waals surface area (Å²) in [7, 11) is 0. The zero-order chi connectivity index (χ0) is 10.3. The van der Waals surface area contributed by atoms with Gasteiger partial charge in [0.2, 0.25) is 0 Å². The number of aryl methyl sites for hydroxylation is 1. The topological polar surface area (TPSA) is 67.5 Å². The first-order chi connectivity index (χ1) is 6.63. The van der Waals surface area contributed by atoms with Crippen molar-refractivity contribution in [2.45, 2.75) is 6.92 Å². The van der Waals surface area contributed by atoms with Crippen molar-refractivity contribution in [3.63, 3.8) is 0 Å². The van der Waals surface area contributed by atoms with E-state index in [4.69, 9.17) is 17.4 Å². The van der Waals surface area contributed by atoms with Crippen LogP contribution in [0.25, 0.3) is 0 Å². The zero-order valence-corrected chi connectivity index (χ0v) is 8.22. The first-order valence-corrected chi connectivity index (χ1v) is 4.41. The predicted molar refractivity (Wildman–Crippen MR) is 55.5 cm³/mol. The Hall–Kier alpha value is -1.55. The average Bonchev–Trinajstić information content (AvgIpc) is 2.41. The molecular weight excluding hydrogens is 202 g/mol. The molecule has 1 aromatic carbocycles. The van der Waals surface area contributed by atoms with Crippen molar-refractivity contribution in [2.75, 3.05) is 5.32 Å². The summed E-state index contributed by atoms with van der Waals surface area (Å²) in [5.74, 6) is 4.84. The van der Waals surface area contributed by atoms with Crippen molar-refractivity contribution in [1.29, 1.82) is 0 Å². The summed E-state index contributed by atoms with van der Waals surface area (Å²) < 4.78 is 0. The number of hydrazone groups is 1. The van der Waals surface area contributed by atoms with E-state index in [1.807, 2.05) is 6.92 Å². The third kappa shape index (κ3) is 1.15. The lowest BCUT2D eigenvalue weighted by molar-refractivity contribution is -0.110. The van der Waals surface area contributed by atoms with E-state index in [0.29, 0.717) is 10.6 Å². The van der Waals surface area contributed by atoms with Crippen LogP contribution in [0.1, 0.15) is 11.1 Å². The molecule has 0 spiro atoms. The van der Waals surface area contributed by atoms with Gasteiger partial charge >= 0.3 is 0 Å². The molecule has 0 saturated carbocycles. The molecular formula is C9H8ClN3O. The van der Waals surface area contributed by atoms with Gasteiger partial charge in [-0.05, 0) is 24.6 Å². The zero-order valence-electron chi connectivity index (χ0n) is 7.47. The Morgan fingerprint density at radius 3 is 2.86 bits per heavy atom. The monoisotopic (exact) mass is 209 g/mol. The number of nitrogens with one attached hydrogen (secondary N) is 1. The van der Waals surface area contributed by atoms with Crippen LogP contribution in [-0.2, 0) is 4.79 Å². The van der Waals surface area contributed by atoms with Crippen LogP contribution < -0.4 is 11.2 Å². The molecule has 4 nitrogen and oxygen atoms in total. The Bertz CT molecular complexity index is 454. The van der Waals surface area contributed by atoms with E-state index in [1.54, 1.807) is 12.1 Å². The largest absolute Gasteiger partial charge is 0.322 e. The van der Waals surface area contributed by atoms with Crippen molar-refractivity contribution in [3.8, 4) is 0 Å². The number of hydrogen-bond acceptors (Lipinski definition) is 3. The maximum absolute atomic E-state index is 11.4. The van der Waals surface area contributed by atoms with Crippen LogP contribution >= 0.6 is 11.6 Å². The Morgan fingerprint density at radius 1 is 1.50 bits per heavy atom. The number of fused-ring (bicyclic) bond motifs is 1. The van der Waals surface area contributed by atoms with Crippen LogP contribution in [0.4, 0.5) is 5.69 Å². The van der Waals surface area contributed by atoms with Gasteiger partial charge in [-0.25, -0.2) is 0 Å². The lowest BCUT2D eigenvalue weighted by atomic mass is 10.1. The smallest absolute Gasteiger partial charge is 0.276 e. The first-order valence-electron chi connectivity index (χ1n) is 4.03. The molecule has 1 aliphatic heterocycles. The van der Waals surface area contributed by atoms with Gasteiger partial charge in [0.25, 0.3) is 5.91 Å². The number of nitrogens with two attached hydrogens (primary N) is 1. The summed E-state index contributed by atoms with van der Waals surface area (Å²) in [6, 6.07) is 3.45. The molecule has 1 heterocycles. The Morgan fingerprint density at radius 2 is 2.21 bits per heavy atom. The molecule has 1 aliphatic rings. The van der Waals surface area contributed by atoms with Crippen LogP contribution in [0.15, 0.2) is 17.2 Å². The molecule has 0 bridgehead atoms. The van der Waals surface area contributed by atoms with Crippen LogP contribution in [0.2, 0.25) is 5.02 Å². The summed E-state index contributed by atoms with van der Waals surface area (Å²) in [5, 5.41) is 6.69. The van der Waals surface area contributed by atoms with Gasteiger partial charge in [-0.3, -0.25) is 4.79 Å². The molecule has 3 N–H and O–H groups in total. The van der Waals surface area contributed by atoms with Gasteiger partial charge in [-0.2, -0.15) is 5.10 Å². The number of nitrogens with zero attached hydrogens (tertiary/aromatic N) is 1. The van der Waals surface area contributed by atoms with E-state index in [1.165, 1.54) is 0 Å². The Labute approximate surface area is 85.7 Å². The molecule has 0 atom stereocenters. The predicted octanol–water partition coefficient (Wildman–Crippen LogP) is 1.26. The van der Waals surface area contributed by atoms with Crippen LogP contribution in [0, 0.1) is 6.92 Å². The normalized spacial score (nSPS) is 17.0. The van der Waals surface area contributed by atoms with E-state index in [-0.39, 0.29) is 11.6 Å². The lowest BCUT2D eigenvalue weighted by Crippen LogP contribution is -2.15. The maximum atomic E-state index is 11.4. The molecule has 0 aromatic heterocycles. The van der Waals surface area contributed by atoms with Crippen molar-refractivity contribution < 1.29 is 4.79 Å². The minimum atomic E-state index is -0.284. The molecule has 0 saturated heterocycles. The number of anilines is 1. The van der Waals surface area contributed by atoms with E-state index in [0.717, 1.165) is 11.3 Å². The molecule has 1 amide bonds. The number of carbonyl (C=O) groups is 1. The fourth-order valence-corrected chi connectivity index (χ4v) is 1.79. The van der Waals surface area contributed by atoms with Gasteiger partial charge in [-0.1, -0.05) is 11.6 Å². The number of amides is 1. The molecule has 5 heteroatoms. The summed E-state index contributed by atoms with van der Waals surface area (Å²) in [5.41, 5.74) is 2.54. The molecule has 1 aromatic rings. The SMILES string of the molecule is Cc1cc(Cl)cc2c1NC(=O)/C2=N\N. The highest BCUT2D eigenvalue weighted by atomic mass is 35.5. The molecule has 14 heavy (non-hydrogen) atoms. The second-order valence-corrected chi connectivity index (χ2v) is 3.51. The van der Waals surface area contributed by atoms with Gasteiger partial charge in [0.1, 0.15) is 0 Å². The highest BCUT2D eigenvalue weighted by molar-refractivity contribution is 6.54. The van der Waals surface area contributed by atoms with Gasteiger partial charge < -0.3 is 11.2 Å². The molecule has 0 unspecified atom stereocenters. The number of halogens is 1.